The summed E-state index contributed by atoms with van der Waals surface area (Å²) < 4.78 is 13.8. The van der Waals surface area contributed by atoms with Crippen molar-refractivity contribution in [2.45, 2.75) is 19.9 Å². The summed E-state index contributed by atoms with van der Waals surface area (Å²) in [7, 11) is 0. The van der Waals surface area contributed by atoms with Gasteiger partial charge >= 0.3 is 0 Å². The number of nitrogens with one attached hydrogen (secondary N) is 1. The maximum atomic E-state index is 13.8. The molecule has 94 valence electrons. The highest BCUT2D eigenvalue weighted by Gasteiger charge is 2.19. The molecule has 2 heterocycles. The Kier molecular flexibility index (Phi) is 3.59. The molecule has 0 aromatic carbocycles. The second-order valence-corrected chi connectivity index (χ2v) is 4.02. The zero-order chi connectivity index (χ0) is 13.1. The van der Waals surface area contributed by atoms with E-state index >= 15 is 0 Å². The monoisotopic (exact) mass is 247 g/mol. The highest BCUT2D eigenvalue weighted by molar-refractivity contribution is 5.33. The van der Waals surface area contributed by atoms with E-state index in [4.69, 9.17) is 5.84 Å². The summed E-state index contributed by atoms with van der Waals surface area (Å²) in [6.07, 6.45) is 2.69. The molecule has 6 heteroatoms. The van der Waals surface area contributed by atoms with Gasteiger partial charge in [-0.3, -0.25) is 10.8 Å². The van der Waals surface area contributed by atoms with Crippen LogP contribution in [0, 0.1) is 19.7 Å². The first-order chi connectivity index (χ1) is 8.63. The Morgan fingerprint density at radius 2 is 2.06 bits per heavy atom. The number of hydrogen-bond acceptors (Lipinski definition) is 5. The van der Waals surface area contributed by atoms with Crippen molar-refractivity contribution in [3.05, 3.63) is 52.9 Å². The molecule has 2 aromatic rings. The second-order valence-electron chi connectivity index (χ2n) is 4.02. The fraction of sp³-hybridized carbons (Fsp3) is 0.250. The van der Waals surface area contributed by atoms with Gasteiger partial charge in [-0.15, -0.1) is 0 Å². The van der Waals surface area contributed by atoms with Crippen LogP contribution in [0.4, 0.5) is 4.39 Å². The Balaban J connectivity index is 2.52. The lowest BCUT2D eigenvalue weighted by molar-refractivity contribution is 0.552. The van der Waals surface area contributed by atoms with E-state index in [1.807, 2.05) is 19.9 Å². The summed E-state index contributed by atoms with van der Waals surface area (Å²) in [5.41, 5.74) is 5.31. The number of nitrogens with two attached hydrogens (primary N) is 1. The lowest BCUT2D eigenvalue weighted by Gasteiger charge is -2.18. The molecule has 2 rings (SSSR count). The number of pyridine rings is 1. The Bertz CT molecular complexity index is 558. The maximum Gasteiger partial charge on any atom is 0.146 e. The molecule has 0 fully saturated rings. The van der Waals surface area contributed by atoms with Gasteiger partial charge in [-0.2, -0.15) is 10.2 Å². The van der Waals surface area contributed by atoms with E-state index in [9.17, 15) is 4.39 Å². The maximum absolute atomic E-state index is 13.8. The minimum atomic E-state index is -0.470. The van der Waals surface area contributed by atoms with Crippen LogP contribution < -0.4 is 11.3 Å². The van der Waals surface area contributed by atoms with Gasteiger partial charge in [0.2, 0.25) is 0 Å². The number of hydrogen-bond donors (Lipinski definition) is 2. The smallest absolute Gasteiger partial charge is 0.146 e. The van der Waals surface area contributed by atoms with Crippen LogP contribution in [0.5, 0.6) is 0 Å². The molecule has 0 amide bonds. The van der Waals surface area contributed by atoms with Gasteiger partial charge in [-0.25, -0.2) is 9.82 Å². The van der Waals surface area contributed by atoms with Crippen molar-refractivity contribution in [3.8, 4) is 0 Å². The van der Waals surface area contributed by atoms with Crippen molar-refractivity contribution in [2.24, 2.45) is 5.84 Å². The molecule has 0 radical (unpaired) electrons. The predicted octanol–water partition coefficient (Wildman–Crippen LogP) is 1.18. The minimum absolute atomic E-state index is 0.408. The minimum Gasteiger partial charge on any atom is -0.271 e. The molecular weight excluding hydrogens is 233 g/mol. The molecule has 0 bridgehead atoms. The number of hydrazine groups is 1. The lowest BCUT2D eigenvalue weighted by atomic mass is 9.98. The largest absolute Gasteiger partial charge is 0.271 e. The number of nitrogens with zero attached hydrogens (tertiary/aromatic N) is 3. The van der Waals surface area contributed by atoms with Crippen LogP contribution in [0.3, 0.4) is 0 Å². The number of aryl methyl sites for hydroxylation is 2. The molecule has 18 heavy (non-hydrogen) atoms. The summed E-state index contributed by atoms with van der Waals surface area (Å²) >= 11 is 0. The fourth-order valence-corrected chi connectivity index (χ4v) is 1.83. The normalized spacial score (nSPS) is 12.4. The van der Waals surface area contributed by atoms with Crippen molar-refractivity contribution in [3.63, 3.8) is 0 Å². The first-order valence-corrected chi connectivity index (χ1v) is 5.50. The van der Waals surface area contributed by atoms with E-state index in [0.717, 1.165) is 17.5 Å². The third-order valence-corrected chi connectivity index (χ3v) is 2.73. The highest BCUT2D eigenvalue weighted by Crippen LogP contribution is 2.24. The quantitative estimate of drug-likeness (QED) is 0.629. The van der Waals surface area contributed by atoms with Crippen LogP contribution in [0.25, 0.3) is 0 Å². The Morgan fingerprint density at radius 1 is 1.28 bits per heavy atom. The summed E-state index contributed by atoms with van der Waals surface area (Å²) in [6, 6.07) is 2.96. The molecule has 0 aliphatic rings. The van der Waals surface area contributed by atoms with E-state index in [1.54, 1.807) is 6.07 Å². The standard InChI is InChI=1S/C12H14FN5/c1-7-5-10(8(2)18-17-7)12(16-14)9-3-4-15-6-11(9)13/h3-6,12,16H,14H2,1-2H3. The van der Waals surface area contributed by atoms with Gasteiger partial charge in [0.15, 0.2) is 0 Å². The van der Waals surface area contributed by atoms with Crippen LogP contribution in [0.2, 0.25) is 0 Å². The molecule has 2 aromatic heterocycles. The molecule has 0 saturated carbocycles. The molecule has 3 N–H and O–H groups in total. The zero-order valence-corrected chi connectivity index (χ0v) is 10.2. The van der Waals surface area contributed by atoms with Gasteiger partial charge in [-0.1, -0.05) is 0 Å². The Morgan fingerprint density at radius 3 is 2.72 bits per heavy atom. The third-order valence-electron chi connectivity index (χ3n) is 2.73. The van der Waals surface area contributed by atoms with E-state index in [1.165, 1.54) is 6.20 Å². The van der Waals surface area contributed by atoms with Crippen LogP contribution >= 0.6 is 0 Å². The van der Waals surface area contributed by atoms with Gasteiger partial charge in [-0.05, 0) is 31.5 Å². The molecule has 1 atom stereocenters. The summed E-state index contributed by atoms with van der Waals surface area (Å²) in [6.45, 7) is 3.64. The van der Waals surface area contributed by atoms with Crippen LogP contribution in [0.15, 0.2) is 24.5 Å². The molecule has 0 saturated heterocycles. The van der Waals surface area contributed by atoms with Crippen LogP contribution in [-0.2, 0) is 0 Å². The number of aromatic nitrogens is 3. The zero-order valence-electron chi connectivity index (χ0n) is 10.2. The average molecular weight is 247 g/mol. The van der Waals surface area contributed by atoms with Crippen molar-refractivity contribution in [2.75, 3.05) is 0 Å². The lowest BCUT2D eigenvalue weighted by Crippen LogP contribution is -2.30. The second kappa shape index (κ2) is 5.16. The van der Waals surface area contributed by atoms with Gasteiger partial charge < -0.3 is 0 Å². The number of rotatable bonds is 3. The Hall–Kier alpha value is -1.92. The molecule has 0 aliphatic carbocycles. The van der Waals surface area contributed by atoms with Gasteiger partial charge in [0, 0.05) is 11.8 Å². The molecule has 1 unspecified atom stereocenters. The van der Waals surface area contributed by atoms with Crippen molar-refractivity contribution >= 4 is 0 Å². The van der Waals surface area contributed by atoms with Gasteiger partial charge in [0.1, 0.15) is 5.82 Å². The fourth-order valence-electron chi connectivity index (χ4n) is 1.83. The summed E-state index contributed by atoms with van der Waals surface area (Å²) in [5.74, 6) is 5.13. The van der Waals surface area contributed by atoms with Crippen LogP contribution in [-0.4, -0.2) is 15.2 Å². The van der Waals surface area contributed by atoms with E-state index in [2.05, 4.69) is 20.6 Å². The summed E-state index contributed by atoms with van der Waals surface area (Å²) in [4.78, 5) is 3.72. The predicted molar refractivity (Wildman–Crippen MR) is 64.9 cm³/mol. The van der Waals surface area contributed by atoms with Gasteiger partial charge in [0.05, 0.1) is 23.6 Å². The first kappa shape index (κ1) is 12.5. The van der Waals surface area contributed by atoms with Crippen molar-refractivity contribution in [1.29, 1.82) is 0 Å². The van der Waals surface area contributed by atoms with E-state index in [-0.39, 0.29) is 0 Å². The SMILES string of the molecule is Cc1cc(C(NN)c2ccncc2F)c(C)nn1. The number of halogens is 1. The average Bonchev–Trinajstić information content (AvgIpc) is 2.36. The third kappa shape index (κ3) is 2.34. The Labute approximate surface area is 104 Å². The summed E-state index contributed by atoms with van der Waals surface area (Å²) in [5, 5.41) is 7.97. The molecular formula is C12H14FN5. The molecule has 0 aliphatic heterocycles. The van der Waals surface area contributed by atoms with Gasteiger partial charge in [0.25, 0.3) is 0 Å². The van der Waals surface area contributed by atoms with Crippen LogP contribution in [0.1, 0.15) is 28.6 Å². The topological polar surface area (TPSA) is 76.7 Å². The van der Waals surface area contributed by atoms with Crippen molar-refractivity contribution in [1.82, 2.24) is 20.6 Å². The highest BCUT2D eigenvalue weighted by atomic mass is 19.1. The first-order valence-electron chi connectivity index (χ1n) is 5.50. The van der Waals surface area contributed by atoms with Crippen molar-refractivity contribution < 1.29 is 4.39 Å². The van der Waals surface area contributed by atoms with E-state index < -0.39 is 11.9 Å². The molecule has 0 spiro atoms. The molecule has 5 nitrogen and oxygen atoms in total. The van der Waals surface area contributed by atoms with E-state index in [0.29, 0.717) is 11.3 Å².